The molecule has 1 heterocycles. The second kappa shape index (κ2) is 8.04. The molecule has 8 heteroatoms. The summed E-state index contributed by atoms with van der Waals surface area (Å²) in [6.07, 6.45) is 2.09. The van der Waals surface area contributed by atoms with Gasteiger partial charge in [-0.3, -0.25) is 4.79 Å². The fourth-order valence-corrected chi connectivity index (χ4v) is 3.15. The van der Waals surface area contributed by atoms with Gasteiger partial charge >= 0.3 is 0 Å². The molecule has 114 valence electrons. The van der Waals surface area contributed by atoms with Gasteiger partial charge in [0.1, 0.15) is 0 Å². The lowest BCUT2D eigenvalue weighted by molar-refractivity contribution is -0.127. The van der Waals surface area contributed by atoms with Crippen molar-refractivity contribution in [2.24, 2.45) is 5.92 Å². The van der Waals surface area contributed by atoms with Crippen LogP contribution in [0.3, 0.4) is 0 Å². The first kappa shape index (κ1) is 18.6. The molecule has 0 aromatic rings. The Kier molecular flexibility index (Phi) is 7.88. The molecule has 1 aliphatic rings. The normalized spacial score (nSPS) is 21.3. The molecule has 6 nitrogen and oxygen atoms in total. The zero-order valence-electron chi connectivity index (χ0n) is 11.7. The minimum Gasteiger partial charge on any atom is -0.348 e. The van der Waals surface area contributed by atoms with Crippen molar-refractivity contribution in [1.82, 2.24) is 14.9 Å². The Labute approximate surface area is 121 Å². The van der Waals surface area contributed by atoms with E-state index in [1.807, 2.05) is 0 Å². The van der Waals surface area contributed by atoms with E-state index in [2.05, 4.69) is 10.0 Å². The summed E-state index contributed by atoms with van der Waals surface area (Å²) in [5.41, 5.74) is 0. The van der Waals surface area contributed by atoms with Gasteiger partial charge in [0.2, 0.25) is 15.9 Å². The molecule has 0 aromatic carbocycles. The first-order valence-electron chi connectivity index (χ1n) is 6.25. The highest BCUT2D eigenvalue weighted by molar-refractivity contribution is 7.90. The number of sulfonamides is 1. The highest BCUT2D eigenvalue weighted by Crippen LogP contribution is 2.10. The fraction of sp³-hybridized carbons (Fsp3) is 0.909. The summed E-state index contributed by atoms with van der Waals surface area (Å²) in [6.45, 7) is 3.65. The van der Waals surface area contributed by atoms with Crippen LogP contribution in [0.1, 0.15) is 19.8 Å². The lowest BCUT2D eigenvalue weighted by Crippen LogP contribution is -2.45. The van der Waals surface area contributed by atoms with E-state index in [-0.39, 0.29) is 12.4 Å². The van der Waals surface area contributed by atoms with Crippen LogP contribution in [0, 0.1) is 5.92 Å². The molecule has 0 spiro atoms. The number of rotatable bonds is 5. The molecule has 19 heavy (non-hydrogen) atoms. The quantitative estimate of drug-likeness (QED) is 0.737. The number of piperidine rings is 1. The van der Waals surface area contributed by atoms with Gasteiger partial charge in [-0.1, -0.05) is 0 Å². The Hall–Kier alpha value is -0.370. The second-order valence-corrected chi connectivity index (χ2v) is 7.07. The number of halogens is 1. The lowest BCUT2D eigenvalue weighted by Gasteiger charge is -2.24. The molecule has 1 saturated heterocycles. The highest BCUT2D eigenvalue weighted by Gasteiger charge is 2.29. The second-order valence-electron chi connectivity index (χ2n) is 4.98. The lowest BCUT2D eigenvalue weighted by atomic mass is 10.0. The molecule has 1 rings (SSSR count). The SMILES string of the molecule is CC(C(=O)N(C)C)S(=O)(=O)NCC1CCCNC1.Cl. The van der Waals surface area contributed by atoms with Crippen LogP contribution >= 0.6 is 12.4 Å². The van der Waals surface area contributed by atoms with Crippen LogP contribution in [0.4, 0.5) is 0 Å². The van der Waals surface area contributed by atoms with Crippen molar-refractivity contribution in [3.63, 3.8) is 0 Å². The van der Waals surface area contributed by atoms with Crippen molar-refractivity contribution in [3.05, 3.63) is 0 Å². The summed E-state index contributed by atoms with van der Waals surface area (Å²) in [5.74, 6) is -0.0838. The topological polar surface area (TPSA) is 78.5 Å². The van der Waals surface area contributed by atoms with Crippen LogP contribution in [-0.4, -0.2) is 58.2 Å². The number of nitrogens with one attached hydrogen (secondary N) is 2. The predicted molar refractivity (Wildman–Crippen MR) is 77.9 cm³/mol. The van der Waals surface area contributed by atoms with E-state index in [1.54, 1.807) is 14.1 Å². The number of nitrogens with zero attached hydrogens (tertiary/aromatic N) is 1. The summed E-state index contributed by atoms with van der Waals surface area (Å²) in [4.78, 5) is 12.9. The van der Waals surface area contributed by atoms with E-state index in [0.29, 0.717) is 12.5 Å². The average Bonchev–Trinajstić information content (AvgIpc) is 2.35. The van der Waals surface area contributed by atoms with Crippen LogP contribution in [0.2, 0.25) is 0 Å². The molecule has 1 fully saturated rings. The minimum atomic E-state index is -3.57. The van der Waals surface area contributed by atoms with Crippen LogP contribution in [0.15, 0.2) is 0 Å². The van der Waals surface area contributed by atoms with Crippen molar-refractivity contribution >= 4 is 28.3 Å². The van der Waals surface area contributed by atoms with Crippen LogP contribution in [-0.2, 0) is 14.8 Å². The average molecular weight is 314 g/mol. The van der Waals surface area contributed by atoms with Gasteiger partial charge in [0.05, 0.1) is 0 Å². The van der Waals surface area contributed by atoms with Gasteiger partial charge in [0.25, 0.3) is 0 Å². The molecule has 2 N–H and O–H groups in total. The summed E-state index contributed by atoms with van der Waals surface area (Å²) < 4.78 is 26.4. The van der Waals surface area contributed by atoms with Crippen LogP contribution < -0.4 is 10.0 Å². The van der Waals surface area contributed by atoms with Gasteiger partial charge in [-0.25, -0.2) is 13.1 Å². The number of hydrogen-bond donors (Lipinski definition) is 2. The first-order chi connectivity index (χ1) is 8.34. The van der Waals surface area contributed by atoms with Crippen LogP contribution in [0.25, 0.3) is 0 Å². The van der Waals surface area contributed by atoms with E-state index in [1.165, 1.54) is 11.8 Å². The molecule has 2 atom stereocenters. The van der Waals surface area contributed by atoms with Crippen LogP contribution in [0.5, 0.6) is 0 Å². The first-order valence-corrected chi connectivity index (χ1v) is 7.79. The van der Waals surface area contributed by atoms with E-state index in [4.69, 9.17) is 0 Å². The zero-order valence-corrected chi connectivity index (χ0v) is 13.3. The number of amides is 1. The van der Waals surface area contributed by atoms with E-state index < -0.39 is 21.2 Å². The number of hydrogen-bond acceptors (Lipinski definition) is 4. The Morgan fingerprint density at radius 2 is 2.11 bits per heavy atom. The molecule has 1 amide bonds. The van der Waals surface area contributed by atoms with Gasteiger partial charge in [-0.05, 0) is 38.8 Å². The van der Waals surface area contributed by atoms with Crippen molar-refractivity contribution in [2.75, 3.05) is 33.7 Å². The number of carbonyl (C=O) groups is 1. The fourth-order valence-electron chi connectivity index (χ4n) is 1.95. The van der Waals surface area contributed by atoms with Gasteiger partial charge in [-0.2, -0.15) is 0 Å². The molecular formula is C11H24ClN3O3S. The summed E-state index contributed by atoms with van der Waals surface area (Å²) in [6, 6.07) is 0. The third-order valence-electron chi connectivity index (χ3n) is 3.23. The standard InChI is InChI=1S/C11H23N3O3S.ClH/c1-9(11(15)14(2)3)18(16,17)13-8-10-5-4-6-12-7-10;/h9-10,12-13H,4-8H2,1-3H3;1H. The molecule has 0 radical (unpaired) electrons. The van der Waals surface area contributed by atoms with Gasteiger partial charge in [0, 0.05) is 20.6 Å². The zero-order chi connectivity index (χ0) is 13.8. The Balaban J connectivity index is 0.00000324. The maximum absolute atomic E-state index is 11.9. The molecule has 0 aliphatic carbocycles. The molecule has 1 aliphatic heterocycles. The van der Waals surface area contributed by atoms with Crippen molar-refractivity contribution in [2.45, 2.75) is 25.0 Å². The molecular weight excluding hydrogens is 290 g/mol. The van der Waals surface area contributed by atoms with E-state index in [9.17, 15) is 13.2 Å². The maximum Gasteiger partial charge on any atom is 0.241 e. The van der Waals surface area contributed by atoms with Gasteiger partial charge in [-0.15, -0.1) is 12.4 Å². The number of carbonyl (C=O) groups excluding carboxylic acids is 1. The minimum absolute atomic E-state index is 0. The third kappa shape index (κ3) is 5.64. The van der Waals surface area contributed by atoms with Gasteiger partial charge in [0.15, 0.2) is 5.25 Å². The summed E-state index contributed by atoms with van der Waals surface area (Å²) >= 11 is 0. The smallest absolute Gasteiger partial charge is 0.241 e. The molecule has 0 saturated carbocycles. The Morgan fingerprint density at radius 3 is 2.58 bits per heavy atom. The molecule has 2 unspecified atom stereocenters. The van der Waals surface area contributed by atoms with Gasteiger partial charge < -0.3 is 10.2 Å². The van der Waals surface area contributed by atoms with Crippen molar-refractivity contribution in [1.29, 1.82) is 0 Å². The summed E-state index contributed by atoms with van der Waals surface area (Å²) in [5, 5.41) is 2.19. The van der Waals surface area contributed by atoms with E-state index in [0.717, 1.165) is 25.9 Å². The monoisotopic (exact) mass is 313 g/mol. The maximum atomic E-state index is 11.9. The third-order valence-corrected chi connectivity index (χ3v) is 4.93. The summed E-state index contributed by atoms with van der Waals surface area (Å²) in [7, 11) is -0.463. The van der Waals surface area contributed by atoms with E-state index >= 15 is 0 Å². The van der Waals surface area contributed by atoms with Crippen molar-refractivity contribution in [3.8, 4) is 0 Å². The Morgan fingerprint density at radius 1 is 1.47 bits per heavy atom. The molecule has 0 bridgehead atoms. The largest absolute Gasteiger partial charge is 0.348 e. The highest BCUT2D eigenvalue weighted by atomic mass is 35.5. The van der Waals surface area contributed by atoms with Crippen molar-refractivity contribution < 1.29 is 13.2 Å². The Bertz CT molecular complexity index is 381. The molecule has 0 aromatic heterocycles. The predicted octanol–water partition coefficient (Wildman–Crippen LogP) is -0.196.